The number of rotatable bonds is 10. The Balaban J connectivity index is -0.000000256. The summed E-state index contributed by atoms with van der Waals surface area (Å²) in [6.45, 7) is 0.926. The smallest absolute Gasteiger partial charge is 0.549 e. The van der Waals surface area contributed by atoms with Crippen LogP contribution in [0.2, 0.25) is 0 Å². The van der Waals surface area contributed by atoms with Gasteiger partial charge in [-0.3, -0.25) is 0 Å². The molecule has 0 aliphatic carbocycles. The monoisotopic (exact) mass is 304 g/mol. The summed E-state index contributed by atoms with van der Waals surface area (Å²) < 4.78 is 0. The minimum atomic E-state index is -1.12. The molecule has 0 saturated heterocycles. The predicted octanol–water partition coefficient (Wildman–Crippen LogP) is -4.96. The van der Waals surface area contributed by atoms with Crippen LogP contribution in [0.15, 0.2) is 0 Å². The number of carbonyl (C=O) groups is 2. The number of aliphatic carboxylic acids is 2. The maximum absolute atomic E-state index is 9.73. The molecular formula is C10H20CaN2O6. The molecule has 4 N–H and O–H groups in total. The number of hydrogen-bond acceptors (Lipinski definition) is 8. The van der Waals surface area contributed by atoms with E-state index in [4.69, 9.17) is 10.2 Å². The van der Waals surface area contributed by atoms with E-state index in [1.54, 1.807) is 0 Å². The Hall–Kier alpha value is 0.0397. The van der Waals surface area contributed by atoms with Gasteiger partial charge in [-0.2, -0.15) is 0 Å². The fraction of sp³-hybridized carbons (Fsp3) is 0.800. The third-order valence-electron chi connectivity index (χ3n) is 1.56. The summed E-state index contributed by atoms with van der Waals surface area (Å²) >= 11 is 0. The van der Waals surface area contributed by atoms with E-state index >= 15 is 0 Å². The summed E-state index contributed by atoms with van der Waals surface area (Å²) in [7, 11) is 0. The molecule has 0 spiro atoms. The number of aliphatic hydroxyl groups is 2. The molecule has 0 atom stereocenters. The van der Waals surface area contributed by atoms with Crippen LogP contribution in [-0.4, -0.2) is 99.3 Å². The van der Waals surface area contributed by atoms with Crippen LogP contribution in [0.5, 0.6) is 0 Å². The van der Waals surface area contributed by atoms with Gasteiger partial charge >= 0.3 is 37.7 Å². The van der Waals surface area contributed by atoms with Crippen LogP contribution in [0.1, 0.15) is 12.8 Å². The Morgan fingerprint density at radius 3 is 1.37 bits per heavy atom. The zero-order valence-electron chi connectivity index (χ0n) is 10.9. The van der Waals surface area contributed by atoms with Gasteiger partial charge in [-0.1, -0.05) is 0 Å². The first-order valence-electron chi connectivity index (χ1n) is 5.57. The topological polar surface area (TPSA) is 145 Å². The van der Waals surface area contributed by atoms with Crippen LogP contribution in [0, 0.1) is 0 Å². The Labute approximate surface area is 142 Å². The van der Waals surface area contributed by atoms with Crippen molar-refractivity contribution in [1.82, 2.24) is 10.6 Å². The van der Waals surface area contributed by atoms with Crippen LogP contribution in [-0.2, 0) is 9.59 Å². The van der Waals surface area contributed by atoms with E-state index in [2.05, 4.69) is 10.6 Å². The molecule has 0 aliphatic rings. The first-order valence-corrected chi connectivity index (χ1v) is 5.57. The van der Waals surface area contributed by atoms with Gasteiger partial charge in [0, 0.05) is 26.3 Å². The second-order valence-electron chi connectivity index (χ2n) is 3.25. The molecule has 19 heavy (non-hydrogen) atoms. The van der Waals surface area contributed by atoms with Gasteiger partial charge in [0.2, 0.25) is 0 Å². The maximum atomic E-state index is 9.73. The summed E-state index contributed by atoms with van der Waals surface area (Å²) in [5, 5.41) is 41.0. The molecule has 0 fully saturated rings. The van der Waals surface area contributed by atoms with Crippen LogP contribution < -0.4 is 20.8 Å². The summed E-state index contributed by atoms with van der Waals surface area (Å²) in [4.78, 5) is 19.5. The van der Waals surface area contributed by atoms with Crippen molar-refractivity contribution in [2.75, 3.05) is 39.4 Å². The van der Waals surface area contributed by atoms with Crippen molar-refractivity contribution in [2.24, 2.45) is 0 Å². The van der Waals surface area contributed by atoms with E-state index in [9.17, 15) is 19.8 Å². The van der Waals surface area contributed by atoms with Crippen molar-refractivity contribution < 1.29 is 30.0 Å². The van der Waals surface area contributed by atoms with Gasteiger partial charge in [0.15, 0.2) is 0 Å². The average molecular weight is 304 g/mol. The van der Waals surface area contributed by atoms with Gasteiger partial charge in [-0.15, -0.1) is 0 Å². The molecule has 0 aromatic rings. The Bertz CT molecular complexity index is 196. The quantitative estimate of drug-likeness (QED) is 0.232. The molecule has 0 saturated carbocycles. The largest absolute Gasteiger partial charge is 2.00 e. The van der Waals surface area contributed by atoms with E-state index < -0.39 is 11.9 Å². The molecule has 0 aromatic carbocycles. The van der Waals surface area contributed by atoms with Gasteiger partial charge in [0.25, 0.3) is 0 Å². The Morgan fingerprint density at radius 1 is 0.842 bits per heavy atom. The standard InChI is InChI=1S/2C5H11NO3.Ca/c2*7-3-1-2-6-4-5(8)9;/h2*6-7H,1-4H2,(H,8,9);/q;;+2/p-2. The summed E-state index contributed by atoms with van der Waals surface area (Å²) in [5.41, 5.74) is 0. The second-order valence-corrected chi connectivity index (χ2v) is 3.25. The number of carboxylic acids is 2. The van der Waals surface area contributed by atoms with Crippen LogP contribution >= 0.6 is 0 Å². The third kappa shape index (κ3) is 32.0. The molecule has 0 radical (unpaired) electrons. The van der Waals surface area contributed by atoms with Crippen molar-refractivity contribution in [1.29, 1.82) is 0 Å². The third-order valence-corrected chi connectivity index (χ3v) is 1.56. The molecule has 9 heteroatoms. The fourth-order valence-corrected chi connectivity index (χ4v) is 0.789. The maximum Gasteiger partial charge on any atom is 2.00 e. The number of carbonyl (C=O) groups excluding carboxylic acids is 2. The molecule has 108 valence electrons. The van der Waals surface area contributed by atoms with Gasteiger partial charge in [0.05, 0.1) is 11.9 Å². The van der Waals surface area contributed by atoms with Crippen molar-refractivity contribution >= 4 is 49.7 Å². The fourth-order valence-electron chi connectivity index (χ4n) is 0.789. The Kier molecular flexibility index (Phi) is 25.8. The minimum Gasteiger partial charge on any atom is -0.549 e. The van der Waals surface area contributed by atoms with Gasteiger partial charge in [-0.25, -0.2) is 0 Å². The van der Waals surface area contributed by atoms with Gasteiger partial charge < -0.3 is 40.6 Å². The van der Waals surface area contributed by atoms with Crippen LogP contribution in [0.3, 0.4) is 0 Å². The van der Waals surface area contributed by atoms with E-state index in [1.165, 1.54) is 0 Å². The first-order chi connectivity index (χ1) is 8.54. The molecule has 0 bridgehead atoms. The molecule has 0 unspecified atom stereocenters. The second kappa shape index (κ2) is 20.4. The number of nitrogens with one attached hydrogen (secondary N) is 2. The van der Waals surface area contributed by atoms with Gasteiger partial charge in [0.1, 0.15) is 0 Å². The number of hydrogen-bond donors (Lipinski definition) is 4. The number of aliphatic hydroxyl groups excluding tert-OH is 2. The molecule has 0 rings (SSSR count). The molecule has 8 nitrogen and oxygen atoms in total. The molecular weight excluding hydrogens is 284 g/mol. The molecule has 0 aromatic heterocycles. The van der Waals surface area contributed by atoms with Crippen LogP contribution in [0.25, 0.3) is 0 Å². The van der Waals surface area contributed by atoms with Crippen molar-refractivity contribution in [3.8, 4) is 0 Å². The van der Waals surface area contributed by atoms with Crippen molar-refractivity contribution in [3.05, 3.63) is 0 Å². The van der Waals surface area contributed by atoms with E-state index in [0.29, 0.717) is 25.9 Å². The van der Waals surface area contributed by atoms with Crippen molar-refractivity contribution in [2.45, 2.75) is 12.8 Å². The van der Waals surface area contributed by atoms with E-state index in [0.717, 1.165) is 0 Å². The average Bonchev–Trinajstić information content (AvgIpc) is 2.31. The van der Waals surface area contributed by atoms with Crippen molar-refractivity contribution in [3.63, 3.8) is 0 Å². The SMILES string of the molecule is O=C([O-])CNCCCO.O=C([O-])CNCCCO.[Ca+2]. The first kappa shape index (κ1) is 24.1. The zero-order valence-corrected chi connectivity index (χ0v) is 13.1. The van der Waals surface area contributed by atoms with E-state index in [1.807, 2.05) is 0 Å². The molecule has 0 aliphatic heterocycles. The summed E-state index contributed by atoms with van der Waals surface area (Å²) in [6.07, 6.45) is 1.15. The summed E-state index contributed by atoms with van der Waals surface area (Å²) in [6, 6.07) is 0. The molecule has 0 heterocycles. The Morgan fingerprint density at radius 2 is 1.16 bits per heavy atom. The normalized spacial score (nSPS) is 8.95. The number of carboxylic acid groups (broad SMARTS) is 2. The van der Waals surface area contributed by atoms with Gasteiger partial charge in [-0.05, 0) is 25.9 Å². The van der Waals surface area contributed by atoms with Crippen LogP contribution in [0.4, 0.5) is 0 Å². The summed E-state index contributed by atoms with van der Waals surface area (Å²) in [5.74, 6) is -2.24. The predicted molar refractivity (Wildman–Crippen MR) is 64.9 cm³/mol. The van der Waals surface area contributed by atoms with E-state index in [-0.39, 0.29) is 64.0 Å². The zero-order chi connectivity index (χ0) is 14.2. The minimum absolute atomic E-state index is 0. The molecule has 0 amide bonds.